The van der Waals surface area contributed by atoms with Crippen LogP contribution in [0.5, 0.6) is 0 Å². The molecule has 25 heavy (non-hydrogen) atoms. The van der Waals surface area contributed by atoms with E-state index in [1.165, 1.54) is 21.9 Å². The zero-order valence-electron chi connectivity index (χ0n) is 14.0. The van der Waals surface area contributed by atoms with Crippen molar-refractivity contribution in [2.45, 2.75) is 32.2 Å². The quantitative estimate of drug-likeness (QED) is 0.888. The van der Waals surface area contributed by atoms with Crippen LogP contribution in [0, 0.1) is 5.92 Å². The standard InChI is InChI=1S/C17H19N3O3S2/c1-10-7-13-8-12(5-6-15(13)20(10)25(2,22)23)14-9-24-17(18-14)19-16(21)11-3-4-11/h5-6,8-11H,3-4,7H2,1-2H3,(H,18,19,21)/t10-/m1/s1. The van der Waals surface area contributed by atoms with E-state index in [0.717, 1.165) is 35.3 Å². The molecule has 8 heteroatoms. The SMILES string of the molecule is C[C@@H]1Cc2cc(-c3csc(NC(=O)C4CC4)n3)ccc2N1S(C)(=O)=O. The lowest BCUT2D eigenvalue weighted by molar-refractivity contribution is -0.117. The molecule has 6 nitrogen and oxygen atoms in total. The number of fused-ring (bicyclic) bond motifs is 1. The van der Waals surface area contributed by atoms with E-state index in [1.54, 1.807) is 0 Å². The number of anilines is 2. The molecule has 1 aliphatic heterocycles. The second kappa shape index (κ2) is 5.81. The lowest BCUT2D eigenvalue weighted by atomic mass is 10.1. The summed E-state index contributed by atoms with van der Waals surface area (Å²) in [5.41, 5.74) is 3.48. The van der Waals surface area contributed by atoms with Crippen molar-refractivity contribution >= 4 is 38.1 Å². The summed E-state index contributed by atoms with van der Waals surface area (Å²) in [6.45, 7) is 1.91. The normalized spacial score (nSPS) is 19.8. The number of nitrogens with zero attached hydrogens (tertiary/aromatic N) is 2. The maximum atomic E-state index is 12.0. The highest BCUT2D eigenvalue weighted by Gasteiger charge is 2.33. The van der Waals surface area contributed by atoms with Crippen LogP contribution in [0.2, 0.25) is 0 Å². The first-order valence-electron chi connectivity index (χ1n) is 8.22. The average Bonchev–Trinajstić information content (AvgIpc) is 3.18. The van der Waals surface area contributed by atoms with E-state index in [9.17, 15) is 13.2 Å². The van der Waals surface area contributed by atoms with Gasteiger partial charge in [0.15, 0.2) is 5.13 Å². The minimum Gasteiger partial charge on any atom is -0.302 e. The topological polar surface area (TPSA) is 79.4 Å². The number of benzene rings is 1. The molecule has 1 atom stereocenters. The molecule has 0 radical (unpaired) electrons. The Kier molecular flexibility index (Phi) is 3.84. The maximum absolute atomic E-state index is 12.0. The second-order valence-electron chi connectivity index (χ2n) is 6.76. The van der Waals surface area contributed by atoms with Crippen molar-refractivity contribution < 1.29 is 13.2 Å². The minimum atomic E-state index is -3.28. The highest BCUT2D eigenvalue weighted by molar-refractivity contribution is 7.92. The molecule has 2 aromatic rings. The maximum Gasteiger partial charge on any atom is 0.232 e. The van der Waals surface area contributed by atoms with Gasteiger partial charge in [0.1, 0.15) is 0 Å². The van der Waals surface area contributed by atoms with E-state index < -0.39 is 10.0 Å². The van der Waals surface area contributed by atoms with Gasteiger partial charge < -0.3 is 5.32 Å². The third-order valence-electron chi connectivity index (χ3n) is 4.57. The number of carbonyl (C=O) groups excluding carboxylic acids is 1. The van der Waals surface area contributed by atoms with Gasteiger partial charge in [0.05, 0.1) is 17.6 Å². The Morgan fingerprint density at radius 2 is 2.12 bits per heavy atom. The summed E-state index contributed by atoms with van der Waals surface area (Å²) in [6.07, 6.45) is 3.85. The van der Waals surface area contributed by atoms with Gasteiger partial charge in [-0.25, -0.2) is 13.4 Å². The molecule has 1 aromatic carbocycles. The lowest BCUT2D eigenvalue weighted by Crippen LogP contribution is -2.34. The molecule has 2 heterocycles. The molecule has 0 saturated heterocycles. The molecule has 1 aliphatic carbocycles. The van der Waals surface area contributed by atoms with Gasteiger partial charge >= 0.3 is 0 Å². The number of amides is 1. The van der Waals surface area contributed by atoms with Crippen molar-refractivity contribution in [1.82, 2.24) is 4.98 Å². The first kappa shape index (κ1) is 16.5. The Morgan fingerprint density at radius 1 is 1.36 bits per heavy atom. The Hall–Kier alpha value is -1.93. The van der Waals surface area contributed by atoms with Gasteiger partial charge in [0.2, 0.25) is 15.9 Å². The highest BCUT2D eigenvalue weighted by atomic mass is 32.2. The van der Waals surface area contributed by atoms with Gasteiger partial charge in [-0.15, -0.1) is 11.3 Å². The predicted molar refractivity (Wildman–Crippen MR) is 99.4 cm³/mol. The van der Waals surface area contributed by atoms with E-state index in [0.29, 0.717) is 11.6 Å². The Balaban J connectivity index is 1.60. The van der Waals surface area contributed by atoms with E-state index in [-0.39, 0.29) is 17.9 Å². The van der Waals surface area contributed by atoms with Crippen molar-refractivity contribution in [3.05, 3.63) is 29.1 Å². The summed E-state index contributed by atoms with van der Waals surface area (Å²) in [5.74, 6) is 0.197. The van der Waals surface area contributed by atoms with Gasteiger partial charge in [-0.05, 0) is 43.9 Å². The lowest BCUT2D eigenvalue weighted by Gasteiger charge is -2.21. The van der Waals surface area contributed by atoms with E-state index in [1.807, 2.05) is 30.5 Å². The van der Waals surface area contributed by atoms with Crippen LogP contribution >= 0.6 is 11.3 Å². The smallest absolute Gasteiger partial charge is 0.232 e. The zero-order valence-corrected chi connectivity index (χ0v) is 15.7. The van der Waals surface area contributed by atoms with Crippen LogP contribution in [0.1, 0.15) is 25.3 Å². The molecule has 132 valence electrons. The molecule has 0 unspecified atom stereocenters. The largest absolute Gasteiger partial charge is 0.302 e. The first-order valence-corrected chi connectivity index (χ1v) is 10.9. The van der Waals surface area contributed by atoms with Crippen molar-refractivity contribution in [3.63, 3.8) is 0 Å². The summed E-state index contributed by atoms with van der Waals surface area (Å²) < 4.78 is 25.5. The van der Waals surface area contributed by atoms with Gasteiger partial charge in [0, 0.05) is 22.9 Å². The Morgan fingerprint density at radius 3 is 2.80 bits per heavy atom. The molecular weight excluding hydrogens is 358 g/mol. The van der Waals surface area contributed by atoms with E-state index in [2.05, 4.69) is 10.3 Å². The van der Waals surface area contributed by atoms with Crippen LogP contribution in [0.3, 0.4) is 0 Å². The summed E-state index contributed by atoms with van der Waals surface area (Å²) in [5, 5.41) is 5.38. The highest BCUT2D eigenvalue weighted by Crippen LogP contribution is 2.37. The van der Waals surface area contributed by atoms with Crippen molar-refractivity contribution in [1.29, 1.82) is 0 Å². The third-order valence-corrected chi connectivity index (χ3v) is 6.60. The van der Waals surface area contributed by atoms with Crippen LogP contribution in [0.15, 0.2) is 23.6 Å². The molecule has 1 aromatic heterocycles. The first-order chi connectivity index (χ1) is 11.8. The van der Waals surface area contributed by atoms with Crippen LogP contribution < -0.4 is 9.62 Å². The number of hydrogen-bond donors (Lipinski definition) is 1. The van der Waals surface area contributed by atoms with Gasteiger partial charge in [0.25, 0.3) is 0 Å². The van der Waals surface area contributed by atoms with Crippen molar-refractivity contribution in [2.24, 2.45) is 5.92 Å². The second-order valence-corrected chi connectivity index (χ2v) is 9.47. The van der Waals surface area contributed by atoms with Crippen molar-refractivity contribution in [2.75, 3.05) is 15.9 Å². The number of hydrogen-bond acceptors (Lipinski definition) is 5. The number of nitrogens with one attached hydrogen (secondary N) is 1. The van der Waals surface area contributed by atoms with Gasteiger partial charge in [-0.3, -0.25) is 9.10 Å². The summed E-state index contributed by atoms with van der Waals surface area (Å²) in [6, 6.07) is 5.65. The molecule has 1 saturated carbocycles. The fourth-order valence-electron chi connectivity index (χ4n) is 3.28. The molecule has 4 rings (SSSR count). The van der Waals surface area contributed by atoms with Gasteiger partial charge in [-0.1, -0.05) is 6.07 Å². The number of carbonyl (C=O) groups is 1. The molecule has 1 amide bonds. The zero-order chi connectivity index (χ0) is 17.8. The number of aromatic nitrogens is 1. The summed E-state index contributed by atoms with van der Waals surface area (Å²) >= 11 is 1.41. The fourth-order valence-corrected chi connectivity index (χ4v) is 5.27. The Labute approximate surface area is 150 Å². The Bertz CT molecular complexity index is 948. The molecular formula is C17H19N3O3S2. The fraction of sp³-hybridized carbons (Fsp3) is 0.412. The molecule has 2 aliphatic rings. The number of sulfonamides is 1. The van der Waals surface area contributed by atoms with E-state index >= 15 is 0 Å². The van der Waals surface area contributed by atoms with Crippen LogP contribution in [0.25, 0.3) is 11.3 Å². The van der Waals surface area contributed by atoms with Crippen LogP contribution in [-0.2, 0) is 21.2 Å². The molecule has 1 N–H and O–H groups in total. The molecule has 0 bridgehead atoms. The average molecular weight is 377 g/mol. The number of thiazole rings is 1. The van der Waals surface area contributed by atoms with E-state index in [4.69, 9.17) is 0 Å². The monoisotopic (exact) mass is 377 g/mol. The van der Waals surface area contributed by atoms with Crippen LogP contribution in [0.4, 0.5) is 10.8 Å². The minimum absolute atomic E-state index is 0.0486. The molecule has 1 fully saturated rings. The molecule has 0 spiro atoms. The third kappa shape index (κ3) is 3.16. The van der Waals surface area contributed by atoms with Crippen molar-refractivity contribution in [3.8, 4) is 11.3 Å². The summed E-state index contributed by atoms with van der Waals surface area (Å²) in [7, 11) is -3.28. The number of rotatable bonds is 4. The van der Waals surface area contributed by atoms with Crippen LogP contribution in [-0.4, -0.2) is 31.6 Å². The predicted octanol–water partition coefficient (Wildman–Crippen LogP) is 2.87. The van der Waals surface area contributed by atoms with Gasteiger partial charge in [-0.2, -0.15) is 0 Å². The summed E-state index contributed by atoms with van der Waals surface area (Å²) in [4.78, 5) is 16.3.